The first-order chi connectivity index (χ1) is 12.7. The lowest BCUT2D eigenvalue weighted by atomic mass is 9.86. The number of amides is 2. The third-order valence-electron chi connectivity index (χ3n) is 6.35. The summed E-state index contributed by atoms with van der Waals surface area (Å²) >= 11 is 1.66. The zero-order valence-electron chi connectivity index (χ0n) is 15.6. The molecule has 1 aromatic rings. The lowest BCUT2D eigenvalue weighted by Gasteiger charge is -2.25. The second kappa shape index (κ2) is 8.12. The van der Waals surface area contributed by atoms with Crippen LogP contribution in [0, 0.1) is 11.8 Å². The average Bonchev–Trinajstić information content (AvgIpc) is 3.35. The summed E-state index contributed by atoms with van der Waals surface area (Å²) in [5.74, 6) is 1.17. The molecule has 26 heavy (non-hydrogen) atoms. The third-order valence-corrected chi connectivity index (χ3v) is 7.57. The zero-order valence-corrected chi connectivity index (χ0v) is 16.4. The highest BCUT2D eigenvalue weighted by molar-refractivity contribution is 7.14. The van der Waals surface area contributed by atoms with E-state index in [1.165, 1.54) is 42.5 Å². The van der Waals surface area contributed by atoms with Crippen LogP contribution in [0.3, 0.4) is 0 Å². The van der Waals surface area contributed by atoms with Crippen molar-refractivity contribution in [3.8, 4) is 0 Å². The summed E-state index contributed by atoms with van der Waals surface area (Å²) in [6.45, 7) is 2.64. The monoisotopic (exact) mass is 374 g/mol. The van der Waals surface area contributed by atoms with Gasteiger partial charge in [0.2, 0.25) is 5.91 Å². The number of carbonyl (C=O) groups is 2. The lowest BCUT2D eigenvalue weighted by Crippen LogP contribution is -2.37. The van der Waals surface area contributed by atoms with Crippen molar-refractivity contribution in [3.05, 3.63) is 21.4 Å². The van der Waals surface area contributed by atoms with Gasteiger partial charge in [-0.15, -0.1) is 11.3 Å². The van der Waals surface area contributed by atoms with Gasteiger partial charge in [0, 0.05) is 30.4 Å². The van der Waals surface area contributed by atoms with Crippen LogP contribution < -0.4 is 5.32 Å². The number of thiophene rings is 1. The average molecular weight is 375 g/mol. The molecular formula is C21H30N2O2S. The molecule has 1 N–H and O–H groups in total. The number of hydrogen-bond donors (Lipinski definition) is 1. The molecule has 5 heteroatoms. The Morgan fingerprint density at radius 3 is 2.62 bits per heavy atom. The summed E-state index contributed by atoms with van der Waals surface area (Å²) in [5.41, 5.74) is 1.24. The standard InChI is InChI=1S/C21H30N2O2S/c24-20(22-14-15-6-2-1-3-7-15)16-8-9-18-17(12-16)13-19(26-18)21(25)23-10-4-5-11-23/h13,15-16H,1-12,14H2,(H,22,24). The number of fused-ring (bicyclic) bond motifs is 1. The van der Waals surface area contributed by atoms with E-state index in [1.54, 1.807) is 11.3 Å². The minimum Gasteiger partial charge on any atom is -0.356 e. The van der Waals surface area contributed by atoms with E-state index in [0.717, 1.165) is 56.6 Å². The van der Waals surface area contributed by atoms with Gasteiger partial charge in [-0.2, -0.15) is 0 Å². The molecule has 4 nitrogen and oxygen atoms in total. The summed E-state index contributed by atoms with van der Waals surface area (Å²) in [4.78, 5) is 29.4. The van der Waals surface area contributed by atoms with Crippen LogP contribution in [0.2, 0.25) is 0 Å². The van der Waals surface area contributed by atoms with E-state index in [2.05, 4.69) is 11.4 Å². The minimum absolute atomic E-state index is 0.0791. The predicted molar refractivity (Wildman–Crippen MR) is 105 cm³/mol. The Morgan fingerprint density at radius 2 is 1.85 bits per heavy atom. The lowest BCUT2D eigenvalue weighted by molar-refractivity contribution is -0.125. The van der Waals surface area contributed by atoms with Crippen molar-refractivity contribution in [2.45, 2.75) is 64.2 Å². The first-order valence-corrected chi connectivity index (χ1v) is 11.2. The van der Waals surface area contributed by atoms with Crippen LogP contribution >= 0.6 is 11.3 Å². The number of nitrogens with zero attached hydrogens (tertiary/aromatic N) is 1. The van der Waals surface area contributed by atoms with E-state index < -0.39 is 0 Å². The number of rotatable bonds is 4. The first-order valence-electron chi connectivity index (χ1n) is 10.4. The highest BCUT2D eigenvalue weighted by atomic mass is 32.1. The Bertz CT molecular complexity index is 657. The van der Waals surface area contributed by atoms with Crippen LogP contribution in [-0.4, -0.2) is 36.3 Å². The van der Waals surface area contributed by atoms with Crippen molar-refractivity contribution in [2.24, 2.45) is 11.8 Å². The number of nitrogens with one attached hydrogen (secondary N) is 1. The van der Waals surface area contributed by atoms with Crippen LogP contribution in [-0.2, 0) is 17.6 Å². The fourth-order valence-electron chi connectivity index (χ4n) is 4.71. The van der Waals surface area contributed by atoms with Gasteiger partial charge in [0.25, 0.3) is 5.91 Å². The highest BCUT2D eigenvalue weighted by Gasteiger charge is 2.29. The molecule has 1 aliphatic heterocycles. The van der Waals surface area contributed by atoms with Crippen molar-refractivity contribution >= 4 is 23.2 Å². The Hall–Kier alpha value is -1.36. The molecule has 1 saturated heterocycles. The fraction of sp³-hybridized carbons (Fsp3) is 0.714. The summed E-state index contributed by atoms with van der Waals surface area (Å²) in [6, 6.07) is 2.07. The van der Waals surface area contributed by atoms with Gasteiger partial charge in [-0.05, 0) is 62.5 Å². The summed E-state index contributed by atoms with van der Waals surface area (Å²) in [7, 11) is 0. The molecule has 2 amide bonds. The van der Waals surface area contributed by atoms with Crippen molar-refractivity contribution in [1.82, 2.24) is 10.2 Å². The largest absolute Gasteiger partial charge is 0.356 e. The molecule has 1 aromatic heterocycles. The van der Waals surface area contributed by atoms with Gasteiger partial charge >= 0.3 is 0 Å². The maximum absolute atomic E-state index is 12.6. The molecule has 0 aromatic carbocycles. The third kappa shape index (κ3) is 3.98. The molecule has 0 radical (unpaired) electrons. The minimum atomic E-state index is 0.0791. The van der Waals surface area contributed by atoms with Crippen LogP contribution in [0.25, 0.3) is 0 Å². The molecule has 0 bridgehead atoms. The van der Waals surface area contributed by atoms with Gasteiger partial charge in [-0.1, -0.05) is 19.3 Å². The molecule has 142 valence electrons. The number of carbonyl (C=O) groups excluding carboxylic acids is 2. The Kier molecular flexibility index (Phi) is 5.63. The SMILES string of the molecule is O=C(NCC1CCCCC1)C1CCc2sc(C(=O)N3CCCC3)cc2C1. The number of aryl methyl sites for hydroxylation is 1. The topological polar surface area (TPSA) is 49.4 Å². The molecule has 3 aliphatic rings. The van der Waals surface area contributed by atoms with Crippen molar-refractivity contribution in [2.75, 3.05) is 19.6 Å². The molecule has 1 atom stereocenters. The van der Waals surface area contributed by atoms with Gasteiger partial charge in [0.05, 0.1) is 4.88 Å². The molecule has 2 heterocycles. The van der Waals surface area contributed by atoms with Gasteiger partial charge in [-0.25, -0.2) is 0 Å². The quantitative estimate of drug-likeness (QED) is 0.872. The van der Waals surface area contributed by atoms with Gasteiger partial charge in [-0.3, -0.25) is 9.59 Å². The van der Waals surface area contributed by atoms with Crippen molar-refractivity contribution in [3.63, 3.8) is 0 Å². The summed E-state index contributed by atoms with van der Waals surface area (Å²) in [5, 5.41) is 3.22. The molecule has 2 fully saturated rings. The smallest absolute Gasteiger partial charge is 0.263 e. The molecule has 4 rings (SSSR count). The molecule has 0 spiro atoms. The molecule has 1 saturated carbocycles. The van der Waals surface area contributed by atoms with E-state index in [0.29, 0.717) is 5.92 Å². The number of hydrogen-bond acceptors (Lipinski definition) is 3. The van der Waals surface area contributed by atoms with Gasteiger partial charge in [0.15, 0.2) is 0 Å². The Morgan fingerprint density at radius 1 is 1.08 bits per heavy atom. The second-order valence-electron chi connectivity index (χ2n) is 8.25. The Labute approximate surface area is 160 Å². The molecule has 1 unspecified atom stereocenters. The fourth-order valence-corrected chi connectivity index (χ4v) is 5.89. The van der Waals surface area contributed by atoms with Gasteiger partial charge in [0.1, 0.15) is 0 Å². The number of likely N-dealkylation sites (tertiary alicyclic amines) is 1. The highest BCUT2D eigenvalue weighted by Crippen LogP contribution is 2.33. The summed E-state index contributed by atoms with van der Waals surface area (Å²) in [6.07, 6.45) is 11.4. The van der Waals surface area contributed by atoms with Crippen LogP contribution in [0.5, 0.6) is 0 Å². The zero-order chi connectivity index (χ0) is 17.9. The Balaban J connectivity index is 1.33. The molecular weight excluding hydrogens is 344 g/mol. The van der Waals surface area contributed by atoms with E-state index in [1.807, 2.05) is 4.90 Å². The summed E-state index contributed by atoms with van der Waals surface area (Å²) < 4.78 is 0. The second-order valence-corrected chi connectivity index (χ2v) is 9.38. The van der Waals surface area contributed by atoms with E-state index in [4.69, 9.17) is 0 Å². The predicted octanol–water partition coefficient (Wildman–Crippen LogP) is 3.79. The van der Waals surface area contributed by atoms with Gasteiger partial charge < -0.3 is 10.2 Å². The first kappa shape index (κ1) is 18.0. The van der Waals surface area contributed by atoms with Crippen molar-refractivity contribution < 1.29 is 9.59 Å². The van der Waals surface area contributed by atoms with Crippen LogP contribution in [0.1, 0.15) is 71.5 Å². The van der Waals surface area contributed by atoms with Crippen LogP contribution in [0.4, 0.5) is 0 Å². The van der Waals surface area contributed by atoms with Crippen LogP contribution in [0.15, 0.2) is 6.07 Å². The molecule has 2 aliphatic carbocycles. The van der Waals surface area contributed by atoms with E-state index in [-0.39, 0.29) is 17.7 Å². The van der Waals surface area contributed by atoms with Crippen molar-refractivity contribution in [1.29, 1.82) is 0 Å². The normalized spacial score (nSPS) is 23.7. The maximum Gasteiger partial charge on any atom is 0.263 e. The maximum atomic E-state index is 12.6. The van der Waals surface area contributed by atoms with E-state index in [9.17, 15) is 9.59 Å². The van der Waals surface area contributed by atoms with E-state index >= 15 is 0 Å².